The van der Waals surface area contributed by atoms with Crippen LogP contribution < -0.4 is 10.0 Å². The van der Waals surface area contributed by atoms with Gasteiger partial charge < -0.3 is 10.1 Å². The summed E-state index contributed by atoms with van der Waals surface area (Å²) in [7, 11) is -1.80. The van der Waals surface area contributed by atoms with E-state index in [9.17, 15) is 8.42 Å². The number of benzene rings is 1. The van der Waals surface area contributed by atoms with E-state index in [1.54, 1.807) is 19.2 Å². The Morgan fingerprint density at radius 2 is 1.90 bits per heavy atom. The van der Waals surface area contributed by atoms with E-state index in [4.69, 9.17) is 4.74 Å². The maximum absolute atomic E-state index is 12.3. The molecule has 0 aromatic heterocycles. The average Bonchev–Trinajstić information content (AvgIpc) is 2.48. The van der Waals surface area contributed by atoms with Gasteiger partial charge in [-0.25, -0.2) is 13.1 Å². The maximum Gasteiger partial charge on any atom is 0.240 e. The Labute approximate surface area is 128 Å². The van der Waals surface area contributed by atoms with Crippen LogP contribution in [0, 0.1) is 0 Å². The zero-order valence-electron chi connectivity index (χ0n) is 12.9. The summed E-state index contributed by atoms with van der Waals surface area (Å²) in [4.78, 5) is 0.361. The summed E-state index contributed by atoms with van der Waals surface area (Å²) in [5.74, 6) is 0. The molecule has 5 nitrogen and oxygen atoms in total. The highest BCUT2D eigenvalue weighted by atomic mass is 32.2. The van der Waals surface area contributed by atoms with Crippen molar-refractivity contribution < 1.29 is 13.2 Å². The van der Waals surface area contributed by atoms with Crippen LogP contribution in [0.4, 0.5) is 0 Å². The molecule has 0 atom stereocenters. The van der Waals surface area contributed by atoms with Crippen molar-refractivity contribution in [3.05, 3.63) is 29.8 Å². The third-order valence-electron chi connectivity index (χ3n) is 3.07. The Balaban J connectivity index is 2.64. The van der Waals surface area contributed by atoms with Crippen LogP contribution in [0.25, 0.3) is 0 Å². The molecule has 0 unspecified atom stereocenters. The van der Waals surface area contributed by atoms with E-state index in [1.807, 2.05) is 12.1 Å². The fraction of sp³-hybridized carbons (Fsp3) is 0.600. The number of hydrogen-bond acceptors (Lipinski definition) is 4. The molecule has 0 saturated heterocycles. The molecule has 0 heterocycles. The largest absolute Gasteiger partial charge is 0.385 e. The maximum atomic E-state index is 12.3. The van der Waals surface area contributed by atoms with Crippen molar-refractivity contribution in [2.75, 3.05) is 26.8 Å². The van der Waals surface area contributed by atoms with Crippen LogP contribution in [0.15, 0.2) is 29.2 Å². The van der Waals surface area contributed by atoms with Crippen LogP contribution >= 0.6 is 0 Å². The van der Waals surface area contributed by atoms with Gasteiger partial charge in [-0.1, -0.05) is 25.1 Å². The molecule has 1 aromatic carbocycles. The summed E-state index contributed by atoms with van der Waals surface area (Å²) in [5, 5.41) is 3.24. The lowest BCUT2D eigenvalue weighted by Crippen LogP contribution is -2.27. The van der Waals surface area contributed by atoms with Crippen molar-refractivity contribution in [3.8, 4) is 0 Å². The fourth-order valence-corrected chi connectivity index (χ4v) is 3.28. The Morgan fingerprint density at radius 1 is 1.14 bits per heavy atom. The van der Waals surface area contributed by atoms with Gasteiger partial charge in [0.15, 0.2) is 0 Å². The molecule has 6 heteroatoms. The highest BCUT2D eigenvalue weighted by Crippen LogP contribution is 2.15. The van der Waals surface area contributed by atoms with Gasteiger partial charge >= 0.3 is 0 Å². The predicted molar refractivity (Wildman–Crippen MR) is 84.7 cm³/mol. The van der Waals surface area contributed by atoms with Crippen LogP contribution in [0.5, 0.6) is 0 Å². The monoisotopic (exact) mass is 314 g/mol. The molecule has 1 aromatic rings. The predicted octanol–water partition coefficient (Wildman–Crippen LogP) is 1.89. The quantitative estimate of drug-likeness (QED) is 0.612. The minimum atomic E-state index is -3.45. The molecule has 0 spiro atoms. The molecule has 0 bridgehead atoms. The van der Waals surface area contributed by atoms with Crippen molar-refractivity contribution in [1.29, 1.82) is 0 Å². The van der Waals surface area contributed by atoms with Crippen LogP contribution in [0.1, 0.15) is 31.7 Å². The number of sulfonamides is 1. The molecule has 0 aliphatic heterocycles. The van der Waals surface area contributed by atoms with Crippen molar-refractivity contribution in [2.45, 2.75) is 37.6 Å². The number of ether oxygens (including phenoxy) is 1. The van der Waals surface area contributed by atoms with Gasteiger partial charge in [0.1, 0.15) is 0 Å². The lowest BCUT2D eigenvalue weighted by Gasteiger charge is -2.12. The Hall–Kier alpha value is -0.950. The zero-order valence-corrected chi connectivity index (χ0v) is 13.7. The normalized spacial score (nSPS) is 11.7. The van der Waals surface area contributed by atoms with E-state index in [-0.39, 0.29) is 0 Å². The van der Waals surface area contributed by atoms with Gasteiger partial charge in [0.05, 0.1) is 4.90 Å². The number of unbranched alkanes of at least 4 members (excludes halogenated alkanes) is 1. The van der Waals surface area contributed by atoms with Gasteiger partial charge in [-0.05, 0) is 37.4 Å². The first kappa shape index (κ1) is 18.1. The van der Waals surface area contributed by atoms with E-state index >= 15 is 0 Å². The van der Waals surface area contributed by atoms with Crippen LogP contribution in [-0.2, 0) is 21.3 Å². The first-order chi connectivity index (χ1) is 10.1. The van der Waals surface area contributed by atoms with Crippen molar-refractivity contribution >= 4 is 10.0 Å². The third-order valence-corrected chi connectivity index (χ3v) is 4.63. The molecule has 0 saturated carbocycles. The molecule has 2 N–H and O–H groups in total. The standard InChI is InChI=1S/C15H26N2O3S/c1-3-10-16-13-14-8-4-5-9-15(14)21(18,19)17-11-6-7-12-20-2/h4-5,8-9,16-17H,3,6-7,10-13H2,1-2H3. The van der Waals surface area contributed by atoms with Crippen molar-refractivity contribution in [1.82, 2.24) is 10.0 Å². The Kier molecular flexibility index (Phi) is 8.52. The van der Waals surface area contributed by atoms with E-state index < -0.39 is 10.0 Å². The summed E-state index contributed by atoms with van der Waals surface area (Å²) in [6.07, 6.45) is 2.63. The molecule has 0 aliphatic carbocycles. The second kappa shape index (κ2) is 9.89. The van der Waals surface area contributed by atoms with Crippen LogP contribution in [0.3, 0.4) is 0 Å². The lowest BCUT2D eigenvalue weighted by atomic mass is 10.2. The molecular weight excluding hydrogens is 288 g/mol. The fourth-order valence-electron chi connectivity index (χ4n) is 1.97. The Bertz CT molecular complexity index is 503. The minimum Gasteiger partial charge on any atom is -0.385 e. The molecular formula is C15H26N2O3S. The van der Waals surface area contributed by atoms with Gasteiger partial charge in [0.25, 0.3) is 0 Å². The van der Waals surface area contributed by atoms with E-state index in [0.717, 1.165) is 31.4 Å². The topological polar surface area (TPSA) is 67.4 Å². The van der Waals surface area contributed by atoms with Crippen molar-refractivity contribution in [3.63, 3.8) is 0 Å². The summed E-state index contributed by atoms with van der Waals surface area (Å²) < 4.78 is 32.3. The summed E-state index contributed by atoms with van der Waals surface area (Å²) in [6, 6.07) is 7.12. The van der Waals surface area contributed by atoms with Crippen molar-refractivity contribution in [2.24, 2.45) is 0 Å². The molecule has 0 aliphatic rings. The van der Waals surface area contributed by atoms with Crippen LogP contribution in [0.2, 0.25) is 0 Å². The second-order valence-corrected chi connectivity index (χ2v) is 6.62. The van der Waals surface area contributed by atoms with Crippen LogP contribution in [-0.4, -0.2) is 35.2 Å². The average molecular weight is 314 g/mol. The first-order valence-electron chi connectivity index (χ1n) is 7.39. The lowest BCUT2D eigenvalue weighted by molar-refractivity contribution is 0.193. The summed E-state index contributed by atoms with van der Waals surface area (Å²) >= 11 is 0. The van der Waals surface area contributed by atoms with Gasteiger partial charge in [-0.15, -0.1) is 0 Å². The number of rotatable bonds is 11. The molecule has 21 heavy (non-hydrogen) atoms. The highest BCUT2D eigenvalue weighted by molar-refractivity contribution is 7.89. The highest BCUT2D eigenvalue weighted by Gasteiger charge is 2.16. The van der Waals surface area contributed by atoms with Gasteiger partial charge in [0, 0.05) is 26.8 Å². The molecule has 0 fully saturated rings. The van der Waals surface area contributed by atoms with Gasteiger partial charge in [-0.3, -0.25) is 0 Å². The molecule has 120 valence electrons. The first-order valence-corrected chi connectivity index (χ1v) is 8.87. The molecule has 0 amide bonds. The van der Waals surface area contributed by atoms with E-state index in [2.05, 4.69) is 17.0 Å². The SMILES string of the molecule is CCCNCc1ccccc1S(=O)(=O)NCCCCOC. The van der Waals surface area contributed by atoms with E-state index in [0.29, 0.717) is 24.6 Å². The van der Waals surface area contributed by atoms with Gasteiger partial charge in [-0.2, -0.15) is 0 Å². The number of nitrogens with one attached hydrogen (secondary N) is 2. The third kappa shape index (κ3) is 6.56. The summed E-state index contributed by atoms with van der Waals surface area (Å²) in [5.41, 5.74) is 0.801. The second-order valence-electron chi connectivity index (χ2n) is 4.88. The smallest absolute Gasteiger partial charge is 0.240 e. The van der Waals surface area contributed by atoms with E-state index in [1.165, 1.54) is 0 Å². The summed E-state index contributed by atoms with van der Waals surface area (Å²) in [6.45, 7) is 4.60. The minimum absolute atomic E-state index is 0.361. The number of methoxy groups -OCH3 is 1. The number of hydrogen-bond donors (Lipinski definition) is 2. The Morgan fingerprint density at radius 3 is 2.62 bits per heavy atom. The van der Waals surface area contributed by atoms with Gasteiger partial charge in [0.2, 0.25) is 10.0 Å². The molecule has 1 rings (SSSR count). The molecule has 0 radical (unpaired) electrons. The zero-order chi connectivity index (χ0) is 15.6.